The van der Waals surface area contributed by atoms with Gasteiger partial charge in [-0.1, -0.05) is 29.5 Å². The van der Waals surface area contributed by atoms with E-state index in [0.29, 0.717) is 25.4 Å². The van der Waals surface area contributed by atoms with Crippen molar-refractivity contribution in [2.24, 2.45) is 0 Å². The fourth-order valence-corrected chi connectivity index (χ4v) is 2.17. The molecule has 126 valence electrons. The van der Waals surface area contributed by atoms with Gasteiger partial charge in [0.15, 0.2) is 0 Å². The van der Waals surface area contributed by atoms with Gasteiger partial charge >= 0.3 is 0 Å². The van der Waals surface area contributed by atoms with Crippen molar-refractivity contribution in [3.63, 3.8) is 0 Å². The Morgan fingerprint density at radius 3 is 2.75 bits per heavy atom. The van der Waals surface area contributed by atoms with E-state index in [2.05, 4.69) is 23.5 Å². The first kappa shape index (κ1) is 17.5. The Kier molecular flexibility index (Phi) is 6.31. The molecule has 1 amide bonds. The highest BCUT2D eigenvalue weighted by atomic mass is 16.5. The number of nitrogens with zero attached hydrogens (tertiary/aromatic N) is 4. The van der Waals surface area contributed by atoms with Crippen LogP contribution in [0.25, 0.3) is 0 Å². The molecule has 2 aromatic rings. The van der Waals surface area contributed by atoms with Crippen LogP contribution in [0.5, 0.6) is 5.75 Å². The van der Waals surface area contributed by atoms with Gasteiger partial charge in [-0.05, 0) is 24.6 Å². The molecule has 0 radical (unpaired) electrons. The second-order valence-electron chi connectivity index (χ2n) is 5.39. The van der Waals surface area contributed by atoms with Gasteiger partial charge in [-0.2, -0.15) is 0 Å². The normalized spacial score (nSPS) is 10.2. The number of carbonyl (C=O) groups is 1. The van der Waals surface area contributed by atoms with Gasteiger partial charge in [-0.15, -0.1) is 18.3 Å². The molecular weight excluding hydrogens is 304 g/mol. The number of carbonyl (C=O) groups excluding carboxylic acids is 1. The SMILES string of the molecule is C=CCN(CC=C)C(=O)Cn1cc(COc2cccc(C)c2)nn1. The fourth-order valence-electron chi connectivity index (χ4n) is 2.17. The first-order chi connectivity index (χ1) is 11.6. The summed E-state index contributed by atoms with van der Waals surface area (Å²) in [7, 11) is 0. The molecule has 0 unspecified atom stereocenters. The summed E-state index contributed by atoms with van der Waals surface area (Å²) in [6, 6.07) is 7.79. The summed E-state index contributed by atoms with van der Waals surface area (Å²) < 4.78 is 7.19. The van der Waals surface area contributed by atoms with Crippen molar-refractivity contribution in [1.82, 2.24) is 19.9 Å². The van der Waals surface area contributed by atoms with E-state index in [1.807, 2.05) is 31.2 Å². The summed E-state index contributed by atoms with van der Waals surface area (Å²) in [5, 5.41) is 8.01. The molecule has 24 heavy (non-hydrogen) atoms. The predicted molar refractivity (Wildman–Crippen MR) is 92.5 cm³/mol. The first-order valence-electron chi connectivity index (χ1n) is 7.70. The van der Waals surface area contributed by atoms with Crippen LogP contribution in [-0.2, 0) is 17.9 Å². The number of aromatic nitrogens is 3. The lowest BCUT2D eigenvalue weighted by atomic mass is 10.2. The molecule has 0 saturated carbocycles. The maximum absolute atomic E-state index is 12.2. The average molecular weight is 326 g/mol. The van der Waals surface area contributed by atoms with Crippen molar-refractivity contribution in [1.29, 1.82) is 0 Å². The Hall–Kier alpha value is -2.89. The first-order valence-corrected chi connectivity index (χ1v) is 7.70. The topological polar surface area (TPSA) is 60.2 Å². The van der Waals surface area contributed by atoms with E-state index in [4.69, 9.17) is 4.74 Å². The van der Waals surface area contributed by atoms with Crippen LogP contribution in [0.3, 0.4) is 0 Å². The molecule has 1 aromatic carbocycles. The molecule has 2 rings (SSSR count). The summed E-state index contributed by atoms with van der Waals surface area (Å²) in [6.07, 6.45) is 5.08. The molecule has 0 bridgehead atoms. The summed E-state index contributed by atoms with van der Waals surface area (Å²) >= 11 is 0. The lowest BCUT2D eigenvalue weighted by Gasteiger charge is -2.18. The Morgan fingerprint density at radius 1 is 1.33 bits per heavy atom. The fraction of sp³-hybridized carbons (Fsp3) is 0.278. The molecule has 0 aliphatic heterocycles. The highest BCUT2D eigenvalue weighted by Gasteiger charge is 2.12. The Labute approximate surface area is 142 Å². The van der Waals surface area contributed by atoms with E-state index >= 15 is 0 Å². The van der Waals surface area contributed by atoms with E-state index in [-0.39, 0.29) is 12.5 Å². The molecule has 0 aliphatic carbocycles. The van der Waals surface area contributed by atoms with Gasteiger partial charge in [0, 0.05) is 13.1 Å². The van der Waals surface area contributed by atoms with Gasteiger partial charge in [0.1, 0.15) is 24.6 Å². The second-order valence-corrected chi connectivity index (χ2v) is 5.39. The van der Waals surface area contributed by atoms with Crippen molar-refractivity contribution in [2.75, 3.05) is 13.1 Å². The summed E-state index contributed by atoms with van der Waals surface area (Å²) in [4.78, 5) is 13.9. The standard InChI is InChI=1S/C18H22N4O2/c1-4-9-21(10-5-2)18(23)13-22-12-16(19-20-22)14-24-17-8-6-7-15(3)11-17/h4-8,11-12H,1-2,9-10,13-14H2,3H3. The summed E-state index contributed by atoms with van der Waals surface area (Å²) in [5.74, 6) is 0.717. The van der Waals surface area contributed by atoms with Crippen LogP contribution in [0.2, 0.25) is 0 Å². The van der Waals surface area contributed by atoms with Crippen molar-refractivity contribution >= 4 is 5.91 Å². The third-order valence-corrected chi connectivity index (χ3v) is 3.31. The van der Waals surface area contributed by atoms with Crippen LogP contribution in [0.15, 0.2) is 55.8 Å². The zero-order valence-corrected chi connectivity index (χ0v) is 13.9. The van der Waals surface area contributed by atoms with Crippen LogP contribution < -0.4 is 4.74 Å². The minimum atomic E-state index is -0.0640. The molecular formula is C18H22N4O2. The van der Waals surface area contributed by atoms with Crippen molar-refractivity contribution in [2.45, 2.75) is 20.1 Å². The monoisotopic (exact) mass is 326 g/mol. The van der Waals surface area contributed by atoms with E-state index < -0.39 is 0 Å². The maximum atomic E-state index is 12.2. The smallest absolute Gasteiger partial charge is 0.244 e. The Morgan fingerprint density at radius 2 is 2.08 bits per heavy atom. The highest BCUT2D eigenvalue weighted by Crippen LogP contribution is 2.13. The van der Waals surface area contributed by atoms with E-state index in [0.717, 1.165) is 11.3 Å². The number of aryl methyl sites for hydroxylation is 1. The number of ether oxygens (including phenoxy) is 1. The van der Waals surface area contributed by atoms with Gasteiger partial charge in [0.2, 0.25) is 5.91 Å². The zero-order valence-electron chi connectivity index (χ0n) is 13.9. The second kappa shape index (κ2) is 8.67. The molecule has 0 N–H and O–H groups in total. The maximum Gasteiger partial charge on any atom is 0.244 e. The van der Waals surface area contributed by atoms with Gasteiger partial charge in [0.05, 0.1) is 6.20 Å². The lowest BCUT2D eigenvalue weighted by Crippen LogP contribution is -2.34. The van der Waals surface area contributed by atoms with E-state index in [1.165, 1.54) is 4.68 Å². The molecule has 0 fully saturated rings. The molecule has 1 aromatic heterocycles. The van der Waals surface area contributed by atoms with Crippen LogP contribution in [0, 0.1) is 6.92 Å². The molecule has 0 aliphatic rings. The molecule has 6 heteroatoms. The number of benzene rings is 1. The Balaban J connectivity index is 1.91. The van der Waals surface area contributed by atoms with E-state index in [1.54, 1.807) is 23.2 Å². The quantitative estimate of drug-likeness (QED) is 0.664. The molecule has 0 spiro atoms. The van der Waals surface area contributed by atoms with Gasteiger partial charge in [0.25, 0.3) is 0 Å². The minimum Gasteiger partial charge on any atom is -0.487 e. The summed E-state index contributed by atoms with van der Waals surface area (Å²) in [6.45, 7) is 10.7. The third-order valence-electron chi connectivity index (χ3n) is 3.31. The minimum absolute atomic E-state index is 0.0640. The zero-order chi connectivity index (χ0) is 17.4. The predicted octanol–water partition coefficient (Wildman–Crippen LogP) is 2.37. The molecule has 0 atom stereocenters. The highest BCUT2D eigenvalue weighted by molar-refractivity contribution is 5.76. The van der Waals surface area contributed by atoms with Crippen molar-refractivity contribution in [3.05, 3.63) is 67.0 Å². The van der Waals surface area contributed by atoms with Crippen molar-refractivity contribution < 1.29 is 9.53 Å². The largest absolute Gasteiger partial charge is 0.487 e. The van der Waals surface area contributed by atoms with Gasteiger partial charge in [-0.3, -0.25) is 4.79 Å². The van der Waals surface area contributed by atoms with Crippen LogP contribution in [0.1, 0.15) is 11.3 Å². The molecule has 6 nitrogen and oxygen atoms in total. The number of hydrogen-bond acceptors (Lipinski definition) is 4. The number of rotatable bonds is 9. The average Bonchev–Trinajstić information content (AvgIpc) is 3.00. The molecule has 1 heterocycles. The van der Waals surface area contributed by atoms with Crippen molar-refractivity contribution in [3.8, 4) is 5.75 Å². The van der Waals surface area contributed by atoms with Gasteiger partial charge in [-0.25, -0.2) is 4.68 Å². The lowest BCUT2D eigenvalue weighted by molar-refractivity contribution is -0.131. The van der Waals surface area contributed by atoms with Crippen LogP contribution in [-0.4, -0.2) is 38.9 Å². The summed E-state index contributed by atoms with van der Waals surface area (Å²) in [5.41, 5.74) is 1.80. The van der Waals surface area contributed by atoms with Crippen LogP contribution in [0.4, 0.5) is 0 Å². The number of amides is 1. The van der Waals surface area contributed by atoms with Gasteiger partial charge < -0.3 is 9.64 Å². The molecule has 0 saturated heterocycles. The number of hydrogen-bond donors (Lipinski definition) is 0. The third kappa shape index (κ3) is 5.08. The van der Waals surface area contributed by atoms with Crippen LogP contribution >= 0.6 is 0 Å². The van der Waals surface area contributed by atoms with E-state index in [9.17, 15) is 4.79 Å². The Bertz CT molecular complexity index is 699.